The van der Waals surface area contributed by atoms with E-state index in [1.54, 1.807) is 6.07 Å². The normalized spacial score (nSPS) is 14.8. The summed E-state index contributed by atoms with van der Waals surface area (Å²) in [6, 6.07) is 15.9. The van der Waals surface area contributed by atoms with Crippen molar-refractivity contribution in [2.45, 2.75) is 45.7 Å². The number of hydrogen-bond donors (Lipinski definition) is 1. The van der Waals surface area contributed by atoms with Crippen molar-refractivity contribution in [2.75, 3.05) is 32.9 Å². The summed E-state index contributed by atoms with van der Waals surface area (Å²) in [5.41, 5.74) is 2.98. The fourth-order valence-electron chi connectivity index (χ4n) is 3.73. The minimum absolute atomic E-state index is 0.129. The highest BCUT2D eigenvalue weighted by molar-refractivity contribution is 5.96. The van der Waals surface area contributed by atoms with Gasteiger partial charge in [-0.05, 0) is 56.1 Å². The lowest BCUT2D eigenvalue weighted by Gasteiger charge is -2.19. The Kier molecular flexibility index (Phi) is 9.19. The molecule has 3 rings (SSSR count). The summed E-state index contributed by atoms with van der Waals surface area (Å²) in [4.78, 5) is 15.2. The highest BCUT2D eigenvalue weighted by Crippen LogP contribution is 2.18. The topological polar surface area (TPSA) is 50.8 Å². The smallest absolute Gasteiger partial charge is 0.255 e. The molecule has 1 saturated heterocycles. The number of hydrogen-bond acceptors (Lipinski definition) is 4. The molecule has 0 saturated carbocycles. The highest BCUT2D eigenvalue weighted by atomic mass is 16.5. The van der Waals surface area contributed by atoms with E-state index in [9.17, 15) is 4.79 Å². The molecule has 1 N–H and O–H groups in total. The molecule has 1 amide bonds. The fraction of sp³-hybridized carbons (Fsp3) is 0.480. The second-order valence-corrected chi connectivity index (χ2v) is 7.73. The van der Waals surface area contributed by atoms with Crippen LogP contribution in [0.1, 0.15) is 54.1 Å². The lowest BCUT2D eigenvalue weighted by Crippen LogP contribution is -2.24. The Labute approximate surface area is 180 Å². The van der Waals surface area contributed by atoms with Crippen LogP contribution in [0.25, 0.3) is 0 Å². The maximum atomic E-state index is 12.7. The molecule has 2 aromatic rings. The van der Waals surface area contributed by atoms with Gasteiger partial charge in [-0.15, -0.1) is 0 Å². The van der Waals surface area contributed by atoms with Crippen LogP contribution in [0.15, 0.2) is 48.5 Å². The van der Waals surface area contributed by atoms with Crippen molar-refractivity contribution in [2.24, 2.45) is 0 Å². The van der Waals surface area contributed by atoms with Gasteiger partial charge in [-0.3, -0.25) is 9.69 Å². The van der Waals surface area contributed by atoms with E-state index in [1.165, 1.54) is 44.3 Å². The molecule has 0 bridgehead atoms. The number of likely N-dealkylation sites (tertiary alicyclic amines) is 1. The van der Waals surface area contributed by atoms with Gasteiger partial charge in [0.25, 0.3) is 5.91 Å². The Bertz CT molecular complexity index is 768. The van der Waals surface area contributed by atoms with Gasteiger partial charge in [0, 0.05) is 19.7 Å². The minimum Gasteiger partial charge on any atom is -0.490 e. The number of ether oxygens (including phenoxy) is 2. The van der Waals surface area contributed by atoms with Crippen LogP contribution in [0.2, 0.25) is 0 Å². The summed E-state index contributed by atoms with van der Waals surface area (Å²) in [6.45, 7) is 7.45. The van der Waals surface area contributed by atoms with E-state index >= 15 is 0 Å². The van der Waals surface area contributed by atoms with Gasteiger partial charge in [0.1, 0.15) is 12.4 Å². The zero-order valence-corrected chi connectivity index (χ0v) is 18.1. The van der Waals surface area contributed by atoms with Gasteiger partial charge in [0.2, 0.25) is 0 Å². The summed E-state index contributed by atoms with van der Waals surface area (Å²) in [7, 11) is 0. The van der Waals surface area contributed by atoms with Crippen LogP contribution in [0.5, 0.6) is 5.75 Å². The van der Waals surface area contributed by atoms with Gasteiger partial charge < -0.3 is 14.8 Å². The van der Waals surface area contributed by atoms with Gasteiger partial charge in [-0.1, -0.05) is 49.2 Å². The molecule has 1 aliphatic rings. The van der Waals surface area contributed by atoms with Crippen LogP contribution < -0.4 is 10.1 Å². The molecule has 0 spiro atoms. The van der Waals surface area contributed by atoms with E-state index in [1.807, 2.05) is 25.1 Å². The zero-order chi connectivity index (χ0) is 21.0. The van der Waals surface area contributed by atoms with Crippen molar-refractivity contribution in [3.05, 3.63) is 65.2 Å². The van der Waals surface area contributed by atoms with Crippen molar-refractivity contribution >= 4 is 5.91 Å². The molecular formula is C25H34N2O3. The molecule has 5 heteroatoms. The lowest BCUT2D eigenvalue weighted by atomic mass is 10.1. The number of para-hydroxylation sites is 1. The summed E-state index contributed by atoms with van der Waals surface area (Å²) in [6.07, 6.45) is 5.33. The SMILES string of the molecule is CCOCCOc1ccccc1C(=O)NCc1ccc(CN2CCCCCC2)cc1. The van der Waals surface area contributed by atoms with Gasteiger partial charge in [0.15, 0.2) is 0 Å². The predicted molar refractivity (Wildman–Crippen MR) is 120 cm³/mol. The second-order valence-electron chi connectivity index (χ2n) is 7.73. The number of amides is 1. The van der Waals surface area contributed by atoms with Crippen LogP contribution >= 0.6 is 0 Å². The molecule has 0 aromatic heterocycles. The van der Waals surface area contributed by atoms with E-state index in [2.05, 4.69) is 34.5 Å². The molecule has 0 unspecified atom stereocenters. The Morgan fingerprint density at radius 2 is 1.63 bits per heavy atom. The second kappa shape index (κ2) is 12.4. The van der Waals surface area contributed by atoms with Crippen LogP contribution in [-0.4, -0.2) is 43.7 Å². The van der Waals surface area contributed by atoms with Crippen molar-refractivity contribution in [3.63, 3.8) is 0 Å². The fourth-order valence-corrected chi connectivity index (χ4v) is 3.73. The summed E-state index contributed by atoms with van der Waals surface area (Å²) in [5, 5.41) is 3.01. The van der Waals surface area contributed by atoms with Crippen molar-refractivity contribution < 1.29 is 14.3 Å². The molecule has 1 aliphatic heterocycles. The number of nitrogens with zero attached hydrogens (tertiary/aromatic N) is 1. The molecule has 0 aliphatic carbocycles. The van der Waals surface area contributed by atoms with E-state index in [-0.39, 0.29) is 5.91 Å². The van der Waals surface area contributed by atoms with Crippen LogP contribution in [-0.2, 0) is 17.8 Å². The summed E-state index contributed by atoms with van der Waals surface area (Å²) in [5.74, 6) is 0.457. The molecule has 1 heterocycles. The monoisotopic (exact) mass is 410 g/mol. The quantitative estimate of drug-likeness (QED) is 0.590. The Balaban J connectivity index is 1.50. The number of nitrogens with one attached hydrogen (secondary N) is 1. The van der Waals surface area contributed by atoms with E-state index < -0.39 is 0 Å². The van der Waals surface area contributed by atoms with Gasteiger partial charge in [0.05, 0.1) is 12.2 Å². The van der Waals surface area contributed by atoms with E-state index in [0.717, 1.165) is 12.1 Å². The van der Waals surface area contributed by atoms with Crippen molar-refractivity contribution in [1.82, 2.24) is 10.2 Å². The molecular weight excluding hydrogens is 376 g/mol. The maximum absolute atomic E-state index is 12.7. The average Bonchev–Trinajstić information content (AvgIpc) is 3.05. The first-order chi connectivity index (χ1) is 14.8. The Morgan fingerprint density at radius 3 is 2.37 bits per heavy atom. The van der Waals surface area contributed by atoms with Gasteiger partial charge >= 0.3 is 0 Å². The first-order valence-corrected chi connectivity index (χ1v) is 11.1. The van der Waals surface area contributed by atoms with Crippen LogP contribution in [0, 0.1) is 0 Å². The number of rotatable bonds is 10. The molecule has 5 nitrogen and oxygen atoms in total. The third-order valence-electron chi connectivity index (χ3n) is 5.40. The summed E-state index contributed by atoms with van der Waals surface area (Å²) >= 11 is 0. The van der Waals surface area contributed by atoms with Gasteiger partial charge in [-0.25, -0.2) is 0 Å². The molecule has 0 atom stereocenters. The summed E-state index contributed by atoms with van der Waals surface area (Å²) < 4.78 is 11.0. The van der Waals surface area contributed by atoms with Crippen LogP contribution in [0.4, 0.5) is 0 Å². The highest BCUT2D eigenvalue weighted by Gasteiger charge is 2.12. The average molecular weight is 411 g/mol. The number of benzene rings is 2. The Hall–Kier alpha value is -2.37. The maximum Gasteiger partial charge on any atom is 0.255 e. The first-order valence-electron chi connectivity index (χ1n) is 11.1. The van der Waals surface area contributed by atoms with E-state index in [0.29, 0.717) is 37.7 Å². The number of carbonyl (C=O) groups excluding carboxylic acids is 1. The minimum atomic E-state index is -0.129. The largest absolute Gasteiger partial charge is 0.490 e. The third kappa shape index (κ3) is 7.15. The van der Waals surface area contributed by atoms with Crippen LogP contribution in [0.3, 0.4) is 0 Å². The van der Waals surface area contributed by atoms with Crippen molar-refractivity contribution in [1.29, 1.82) is 0 Å². The predicted octanol–water partition coefficient (Wildman–Crippen LogP) is 4.41. The van der Waals surface area contributed by atoms with E-state index in [4.69, 9.17) is 9.47 Å². The standard InChI is InChI=1S/C25H34N2O3/c1-2-29-17-18-30-24-10-6-5-9-23(24)25(28)26-19-21-11-13-22(14-12-21)20-27-15-7-3-4-8-16-27/h5-6,9-14H,2-4,7-8,15-20H2,1H3,(H,26,28). The van der Waals surface area contributed by atoms with Crippen molar-refractivity contribution in [3.8, 4) is 5.75 Å². The molecule has 1 fully saturated rings. The van der Waals surface area contributed by atoms with Gasteiger partial charge in [-0.2, -0.15) is 0 Å². The molecule has 162 valence electrons. The lowest BCUT2D eigenvalue weighted by molar-refractivity contribution is 0.0934. The number of carbonyl (C=O) groups is 1. The molecule has 30 heavy (non-hydrogen) atoms. The zero-order valence-electron chi connectivity index (χ0n) is 18.1. The Morgan fingerprint density at radius 1 is 0.933 bits per heavy atom. The first kappa shape index (κ1) is 22.3. The third-order valence-corrected chi connectivity index (χ3v) is 5.40. The molecule has 2 aromatic carbocycles. The molecule has 0 radical (unpaired) electrons.